The Labute approximate surface area is 112 Å². The first kappa shape index (κ1) is 12.6. The van der Waals surface area contributed by atoms with Crippen LogP contribution in [0.5, 0.6) is 0 Å². The normalized spacial score (nSPS) is 23.3. The number of sulfonamides is 1. The molecule has 0 aromatic carbocycles. The molecular formula is C12H18N2O2S2. The zero-order chi connectivity index (χ0) is 12.6. The van der Waals surface area contributed by atoms with Gasteiger partial charge in [0.1, 0.15) is 0 Å². The van der Waals surface area contributed by atoms with Gasteiger partial charge in [0.25, 0.3) is 0 Å². The molecule has 2 aliphatic rings. The highest BCUT2D eigenvalue weighted by Gasteiger charge is 2.40. The third kappa shape index (κ3) is 2.61. The maximum atomic E-state index is 12.1. The van der Waals surface area contributed by atoms with Gasteiger partial charge in [0.2, 0.25) is 10.0 Å². The van der Waals surface area contributed by atoms with Gasteiger partial charge in [0, 0.05) is 32.7 Å². The van der Waals surface area contributed by atoms with Crippen molar-refractivity contribution >= 4 is 21.4 Å². The molecule has 2 fully saturated rings. The molecule has 0 spiro atoms. The molecular weight excluding hydrogens is 268 g/mol. The lowest BCUT2D eigenvalue weighted by Crippen LogP contribution is -2.49. The van der Waals surface area contributed by atoms with Gasteiger partial charge < -0.3 is 0 Å². The number of hydrogen-bond acceptors (Lipinski definition) is 4. The number of piperazine rings is 1. The zero-order valence-corrected chi connectivity index (χ0v) is 11.9. The first-order valence-corrected chi connectivity index (χ1v) is 8.83. The molecule has 0 N–H and O–H groups in total. The molecule has 2 heterocycles. The molecule has 100 valence electrons. The van der Waals surface area contributed by atoms with E-state index in [1.165, 1.54) is 5.56 Å². The molecule has 0 radical (unpaired) electrons. The summed E-state index contributed by atoms with van der Waals surface area (Å²) in [5, 5.41) is 4.18. The van der Waals surface area contributed by atoms with Crippen molar-refractivity contribution in [3.63, 3.8) is 0 Å². The second-order valence-electron chi connectivity index (χ2n) is 5.05. The molecule has 0 atom stereocenters. The molecule has 6 heteroatoms. The third-order valence-corrected chi connectivity index (χ3v) is 6.75. The lowest BCUT2D eigenvalue weighted by molar-refractivity contribution is 0.181. The molecule has 3 rings (SSSR count). The molecule has 0 amide bonds. The fourth-order valence-electron chi connectivity index (χ4n) is 2.36. The molecule has 4 nitrogen and oxygen atoms in total. The lowest BCUT2D eigenvalue weighted by atomic mass is 10.3. The van der Waals surface area contributed by atoms with E-state index in [9.17, 15) is 8.42 Å². The lowest BCUT2D eigenvalue weighted by Gasteiger charge is -2.33. The zero-order valence-electron chi connectivity index (χ0n) is 10.3. The topological polar surface area (TPSA) is 40.6 Å². The Kier molecular flexibility index (Phi) is 3.44. The van der Waals surface area contributed by atoms with Crippen molar-refractivity contribution in [1.29, 1.82) is 0 Å². The minimum atomic E-state index is -2.97. The van der Waals surface area contributed by atoms with E-state index in [1.54, 1.807) is 15.6 Å². The number of rotatable bonds is 4. The molecule has 1 saturated carbocycles. The second-order valence-corrected chi connectivity index (χ2v) is 8.04. The van der Waals surface area contributed by atoms with E-state index in [0.717, 1.165) is 32.5 Å². The van der Waals surface area contributed by atoms with Gasteiger partial charge in [-0.2, -0.15) is 15.6 Å². The smallest absolute Gasteiger partial charge is 0.217 e. The summed E-state index contributed by atoms with van der Waals surface area (Å²) >= 11 is 1.71. The van der Waals surface area contributed by atoms with Gasteiger partial charge in [0.05, 0.1) is 5.25 Å². The molecule has 1 aliphatic heterocycles. The minimum Gasteiger partial charge on any atom is -0.296 e. The highest BCUT2D eigenvalue weighted by atomic mass is 32.2. The SMILES string of the molecule is O=S(=O)(C1CC1)N1CCN(Cc2ccsc2)CC1. The van der Waals surface area contributed by atoms with Gasteiger partial charge in [0.15, 0.2) is 0 Å². The summed E-state index contributed by atoms with van der Waals surface area (Å²) in [6.45, 7) is 3.95. The van der Waals surface area contributed by atoms with Crippen molar-refractivity contribution < 1.29 is 8.42 Å². The first-order chi connectivity index (χ1) is 8.66. The highest BCUT2D eigenvalue weighted by Crippen LogP contribution is 2.31. The van der Waals surface area contributed by atoms with Crippen LogP contribution in [0, 0.1) is 0 Å². The fourth-order valence-corrected chi connectivity index (χ4v) is 4.85. The number of hydrogen-bond donors (Lipinski definition) is 0. The summed E-state index contributed by atoms with van der Waals surface area (Å²) in [5.41, 5.74) is 1.33. The van der Waals surface area contributed by atoms with Crippen molar-refractivity contribution in [2.24, 2.45) is 0 Å². The predicted molar refractivity (Wildman–Crippen MR) is 73.1 cm³/mol. The molecule has 1 saturated heterocycles. The van der Waals surface area contributed by atoms with Crippen LogP contribution in [-0.4, -0.2) is 49.1 Å². The third-order valence-electron chi connectivity index (χ3n) is 3.62. The van der Waals surface area contributed by atoms with E-state index >= 15 is 0 Å². The summed E-state index contributed by atoms with van der Waals surface area (Å²) in [6.07, 6.45) is 1.72. The Morgan fingerprint density at radius 2 is 1.94 bits per heavy atom. The number of nitrogens with zero attached hydrogens (tertiary/aromatic N) is 2. The molecule has 18 heavy (non-hydrogen) atoms. The van der Waals surface area contributed by atoms with Crippen molar-refractivity contribution in [3.05, 3.63) is 22.4 Å². The van der Waals surface area contributed by atoms with Gasteiger partial charge in [-0.05, 0) is 35.2 Å². The summed E-state index contributed by atoms with van der Waals surface area (Å²) in [4.78, 5) is 2.33. The monoisotopic (exact) mass is 286 g/mol. The van der Waals surface area contributed by atoms with E-state index in [-0.39, 0.29) is 5.25 Å². The molecule has 1 aromatic heterocycles. The van der Waals surface area contributed by atoms with Gasteiger partial charge in [-0.1, -0.05) is 0 Å². The van der Waals surface area contributed by atoms with Crippen molar-refractivity contribution in [3.8, 4) is 0 Å². The van der Waals surface area contributed by atoms with Gasteiger partial charge in [-0.25, -0.2) is 8.42 Å². The average Bonchev–Trinajstić information content (AvgIpc) is 3.11. The molecule has 0 bridgehead atoms. The molecule has 1 aliphatic carbocycles. The van der Waals surface area contributed by atoms with Crippen molar-refractivity contribution in [1.82, 2.24) is 9.21 Å². The molecule has 1 aromatic rings. The van der Waals surface area contributed by atoms with Crippen LogP contribution in [0.4, 0.5) is 0 Å². The quantitative estimate of drug-likeness (QED) is 0.839. The van der Waals surface area contributed by atoms with E-state index in [1.807, 2.05) is 0 Å². The van der Waals surface area contributed by atoms with Crippen LogP contribution in [0.3, 0.4) is 0 Å². The van der Waals surface area contributed by atoms with Crippen LogP contribution in [0.1, 0.15) is 18.4 Å². The van der Waals surface area contributed by atoms with E-state index in [4.69, 9.17) is 0 Å². The van der Waals surface area contributed by atoms with Crippen molar-refractivity contribution in [2.75, 3.05) is 26.2 Å². The average molecular weight is 286 g/mol. The summed E-state index contributed by atoms with van der Waals surface area (Å²) < 4.78 is 25.9. The van der Waals surface area contributed by atoms with E-state index in [0.29, 0.717) is 13.1 Å². The Morgan fingerprint density at radius 3 is 2.50 bits per heavy atom. The Balaban J connectivity index is 1.55. The van der Waals surface area contributed by atoms with Crippen LogP contribution in [0.2, 0.25) is 0 Å². The summed E-state index contributed by atoms with van der Waals surface area (Å²) in [5.74, 6) is 0. The van der Waals surface area contributed by atoms with Crippen LogP contribution in [0.15, 0.2) is 16.8 Å². The van der Waals surface area contributed by atoms with E-state index in [2.05, 4.69) is 21.7 Å². The molecule has 0 unspecified atom stereocenters. The Bertz CT molecular complexity index is 486. The Morgan fingerprint density at radius 1 is 1.22 bits per heavy atom. The fraction of sp³-hybridized carbons (Fsp3) is 0.667. The van der Waals surface area contributed by atoms with Crippen LogP contribution >= 0.6 is 11.3 Å². The maximum absolute atomic E-state index is 12.1. The predicted octanol–water partition coefficient (Wildman–Crippen LogP) is 1.36. The minimum absolute atomic E-state index is 0.0686. The number of thiophene rings is 1. The highest BCUT2D eigenvalue weighted by molar-refractivity contribution is 7.90. The van der Waals surface area contributed by atoms with E-state index < -0.39 is 10.0 Å². The van der Waals surface area contributed by atoms with Crippen LogP contribution in [-0.2, 0) is 16.6 Å². The summed E-state index contributed by atoms with van der Waals surface area (Å²) in [7, 11) is -2.97. The first-order valence-electron chi connectivity index (χ1n) is 6.38. The maximum Gasteiger partial charge on any atom is 0.217 e. The van der Waals surface area contributed by atoms with Crippen LogP contribution < -0.4 is 0 Å². The standard InChI is InChI=1S/C12H18N2O2S2/c15-18(16,12-1-2-12)14-6-4-13(5-7-14)9-11-3-8-17-10-11/h3,8,10,12H,1-2,4-7,9H2. The second kappa shape index (κ2) is 4.92. The largest absolute Gasteiger partial charge is 0.296 e. The Hall–Kier alpha value is -0.430. The van der Waals surface area contributed by atoms with Crippen molar-refractivity contribution in [2.45, 2.75) is 24.6 Å². The van der Waals surface area contributed by atoms with Crippen LogP contribution in [0.25, 0.3) is 0 Å². The van der Waals surface area contributed by atoms with Gasteiger partial charge in [-0.3, -0.25) is 4.90 Å². The summed E-state index contributed by atoms with van der Waals surface area (Å²) in [6, 6.07) is 2.14. The van der Waals surface area contributed by atoms with Gasteiger partial charge in [-0.15, -0.1) is 0 Å². The van der Waals surface area contributed by atoms with Gasteiger partial charge >= 0.3 is 0 Å².